The molecule has 1 aliphatic heterocycles. The van der Waals surface area contributed by atoms with E-state index in [-0.39, 0.29) is 11.8 Å². The maximum atomic E-state index is 13.3. The predicted octanol–water partition coefficient (Wildman–Crippen LogP) is 3.32. The normalized spacial score (nSPS) is 14.1. The summed E-state index contributed by atoms with van der Waals surface area (Å²) in [5, 5.41) is 9.35. The summed E-state index contributed by atoms with van der Waals surface area (Å²) in [5.41, 5.74) is 2.64. The Bertz CT molecular complexity index is 833. The van der Waals surface area contributed by atoms with Gasteiger partial charge in [-0.3, -0.25) is 4.99 Å². The summed E-state index contributed by atoms with van der Waals surface area (Å²) in [6.45, 7) is 2.67. The molecule has 28 heavy (non-hydrogen) atoms. The first-order valence-electron chi connectivity index (χ1n) is 9.48. The van der Waals surface area contributed by atoms with Crippen LogP contribution in [0.2, 0.25) is 0 Å². The van der Waals surface area contributed by atoms with Gasteiger partial charge in [0, 0.05) is 38.9 Å². The largest absolute Gasteiger partial charge is 0.352 e. The second-order valence-electron chi connectivity index (χ2n) is 6.73. The molecule has 0 spiro atoms. The fraction of sp³-hybridized carbons (Fsp3) is 0.333. The van der Waals surface area contributed by atoms with E-state index in [1.54, 1.807) is 13.1 Å². The summed E-state index contributed by atoms with van der Waals surface area (Å²) in [7, 11) is 1.69. The van der Waals surface area contributed by atoms with Crippen molar-refractivity contribution >= 4 is 17.7 Å². The van der Waals surface area contributed by atoms with Crippen LogP contribution in [0.25, 0.3) is 0 Å². The Morgan fingerprint density at radius 3 is 2.32 bits per heavy atom. The van der Waals surface area contributed by atoms with Crippen molar-refractivity contribution in [2.75, 3.05) is 25.5 Å². The number of halogens is 1. The minimum atomic E-state index is -0.255. The number of anilines is 1. The van der Waals surface area contributed by atoms with Crippen LogP contribution in [-0.2, 0) is 13.1 Å². The molecule has 1 heterocycles. The van der Waals surface area contributed by atoms with Gasteiger partial charge in [-0.2, -0.15) is 0 Å². The molecular weight excluding hydrogens is 357 g/mol. The van der Waals surface area contributed by atoms with E-state index >= 15 is 0 Å². The van der Waals surface area contributed by atoms with Crippen LogP contribution < -0.4 is 16.0 Å². The number of nitrogens with one attached hydrogen (secondary N) is 3. The number of aliphatic imine (C=N–C) groups is 1. The molecule has 1 fully saturated rings. The van der Waals surface area contributed by atoms with Crippen LogP contribution >= 0.6 is 0 Å². The van der Waals surface area contributed by atoms with Gasteiger partial charge in [-0.25, -0.2) is 9.18 Å². The van der Waals surface area contributed by atoms with Crippen LogP contribution in [0.1, 0.15) is 24.0 Å². The molecule has 2 aromatic carbocycles. The lowest BCUT2D eigenvalue weighted by atomic mass is 10.2. The van der Waals surface area contributed by atoms with Crippen molar-refractivity contribution in [3.05, 3.63) is 65.5 Å². The molecule has 3 rings (SSSR count). The number of guanidine groups is 1. The topological polar surface area (TPSA) is 68.8 Å². The summed E-state index contributed by atoms with van der Waals surface area (Å²) in [4.78, 5) is 18.3. The Balaban J connectivity index is 1.50. The number of benzene rings is 2. The molecule has 7 heteroatoms. The van der Waals surface area contributed by atoms with Crippen molar-refractivity contribution in [3.63, 3.8) is 0 Å². The van der Waals surface area contributed by atoms with E-state index in [0.29, 0.717) is 19.0 Å². The fourth-order valence-corrected chi connectivity index (χ4v) is 3.12. The van der Waals surface area contributed by atoms with Crippen LogP contribution in [0.4, 0.5) is 14.9 Å². The number of rotatable bonds is 5. The van der Waals surface area contributed by atoms with Crippen LogP contribution in [0.5, 0.6) is 0 Å². The van der Waals surface area contributed by atoms with E-state index in [1.807, 2.05) is 35.2 Å². The van der Waals surface area contributed by atoms with Gasteiger partial charge in [0.25, 0.3) is 0 Å². The number of likely N-dealkylation sites (tertiary alicyclic amines) is 1. The van der Waals surface area contributed by atoms with Gasteiger partial charge in [-0.05, 0) is 48.2 Å². The number of hydrogen-bond donors (Lipinski definition) is 3. The molecule has 0 aliphatic carbocycles. The molecular formula is C21H26FN5O. The van der Waals surface area contributed by atoms with Crippen molar-refractivity contribution < 1.29 is 9.18 Å². The summed E-state index contributed by atoms with van der Waals surface area (Å²) < 4.78 is 13.3. The smallest absolute Gasteiger partial charge is 0.321 e. The zero-order valence-electron chi connectivity index (χ0n) is 16.0. The molecule has 2 amide bonds. The first-order chi connectivity index (χ1) is 13.6. The van der Waals surface area contributed by atoms with E-state index < -0.39 is 0 Å². The molecule has 1 aliphatic rings. The Hall–Kier alpha value is -3.09. The molecule has 3 N–H and O–H groups in total. The van der Waals surface area contributed by atoms with E-state index in [0.717, 1.165) is 42.7 Å². The highest BCUT2D eigenvalue weighted by Gasteiger charge is 2.17. The molecule has 0 unspecified atom stereocenters. The molecule has 0 saturated carbocycles. The lowest BCUT2D eigenvalue weighted by molar-refractivity contribution is 0.222. The second kappa shape index (κ2) is 9.73. The van der Waals surface area contributed by atoms with Crippen LogP contribution in [0.3, 0.4) is 0 Å². The summed E-state index contributed by atoms with van der Waals surface area (Å²) in [6, 6.07) is 14.1. The average Bonchev–Trinajstić information content (AvgIpc) is 3.23. The molecule has 0 bridgehead atoms. The van der Waals surface area contributed by atoms with Gasteiger partial charge in [-0.15, -0.1) is 0 Å². The van der Waals surface area contributed by atoms with Crippen molar-refractivity contribution in [2.24, 2.45) is 4.99 Å². The van der Waals surface area contributed by atoms with Crippen molar-refractivity contribution in [1.29, 1.82) is 0 Å². The molecule has 2 aromatic rings. The highest BCUT2D eigenvalue weighted by molar-refractivity contribution is 5.89. The van der Waals surface area contributed by atoms with Crippen molar-refractivity contribution in [3.8, 4) is 0 Å². The molecule has 0 atom stereocenters. The van der Waals surface area contributed by atoms with Crippen molar-refractivity contribution in [2.45, 2.75) is 25.9 Å². The number of amides is 2. The lowest BCUT2D eigenvalue weighted by Gasteiger charge is -2.17. The fourth-order valence-electron chi connectivity index (χ4n) is 3.12. The first-order valence-corrected chi connectivity index (χ1v) is 9.48. The summed E-state index contributed by atoms with van der Waals surface area (Å²) in [5.74, 6) is 0.366. The minimum absolute atomic E-state index is 0.0461. The quantitative estimate of drug-likeness (QED) is 0.548. The Morgan fingerprint density at radius 1 is 1.04 bits per heavy atom. The van der Waals surface area contributed by atoms with E-state index in [9.17, 15) is 9.18 Å². The van der Waals surface area contributed by atoms with Gasteiger partial charge in [-0.1, -0.05) is 24.3 Å². The third-order valence-electron chi connectivity index (χ3n) is 4.60. The molecule has 0 radical (unpaired) electrons. The SMILES string of the molecule is CN=C(NCc1cccc(F)c1)NCc1cccc(NC(=O)N2CCCC2)c1. The van der Waals surface area contributed by atoms with E-state index in [2.05, 4.69) is 20.9 Å². The monoisotopic (exact) mass is 383 g/mol. The third-order valence-corrected chi connectivity index (χ3v) is 4.60. The standard InChI is InChI=1S/C21H26FN5O/c1-23-20(24-14-16-6-4-8-18(22)12-16)25-15-17-7-5-9-19(13-17)26-21(28)27-10-2-3-11-27/h4-9,12-13H,2-3,10-11,14-15H2,1H3,(H,26,28)(H2,23,24,25). The summed E-state index contributed by atoms with van der Waals surface area (Å²) in [6.07, 6.45) is 2.14. The number of hydrogen-bond acceptors (Lipinski definition) is 2. The highest BCUT2D eigenvalue weighted by atomic mass is 19.1. The molecule has 0 aromatic heterocycles. The molecule has 148 valence electrons. The number of carbonyl (C=O) groups excluding carboxylic acids is 1. The Morgan fingerprint density at radius 2 is 1.68 bits per heavy atom. The van der Waals surface area contributed by atoms with E-state index in [4.69, 9.17) is 0 Å². The summed E-state index contributed by atoms with van der Waals surface area (Å²) >= 11 is 0. The van der Waals surface area contributed by atoms with Gasteiger partial charge in [0.2, 0.25) is 0 Å². The Kier molecular flexibility index (Phi) is 6.84. The van der Waals surface area contributed by atoms with Gasteiger partial charge in [0.1, 0.15) is 5.82 Å². The zero-order valence-corrected chi connectivity index (χ0v) is 16.0. The van der Waals surface area contributed by atoms with Crippen LogP contribution in [-0.4, -0.2) is 37.0 Å². The third kappa shape index (κ3) is 5.70. The Labute approximate surface area is 164 Å². The second-order valence-corrected chi connectivity index (χ2v) is 6.73. The number of nitrogens with zero attached hydrogens (tertiary/aromatic N) is 2. The number of urea groups is 1. The predicted molar refractivity (Wildman–Crippen MR) is 110 cm³/mol. The lowest BCUT2D eigenvalue weighted by Crippen LogP contribution is -2.36. The van der Waals surface area contributed by atoms with Gasteiger partial charge < -0.3 is 20.9 Å². The number of carbonyl (C=O) groups is 1. The minimum Gasteiger partial charge on any atom is -0.352 e. The molecule has 1 saturated heterocycles. The highest BCUT2D eigenvalue weighted by Crippen LogP contribution is 2.14. The van der Waals surface area contributed by atoms with Gasteiger partial charge >= 0.3 is 6.03 Å². The molecule has 6 nitrogen and oxygen atoms in total. The van der Waals surface area contributed by atoms with E-state index in [1.165, 1.54) is 12.1 Å². The van der Waals surface area contributed by atoms with Crippen LogP contribution in [0.15, 0.2) is 53.5 Å². The van der Waals surface area contributed by atoms with Crippen LogP contribution in [0, 0.1) is 5.82 Å². The first kappa shape index (κ1) is 19.7. The van der Waals surface area contributed by atoms with Gasteiger partial charge in [0.15, 0.2) is 5.96 Å². The van der Waals surface area contributed by atoms with Gasteiger partial charge in [0.05, 0.1) is 0 Å². The maximum absolute atomic E-state index is 13.3. The zero-order chi connectivity index (χ0) is 19.8. The van der Waals surface area contributed by atoms with Crippen molar-refractivity contribution in [1.82, 2.24) is 15.5 Å². The maximum Gasteiger partial charge on any atom is 0.321 e. The average molecular weight is 383 g/mol.